The van der Waals surface area contributed by atoms with Gasteiger partial charge < -0.3 is 5.32 Å². The largest absolute Gasteiger partial charge is 0.384 e. The summed E-state index contributed by atoms with van der Waals surface area (Å²) in [5.41, 5.74) is 1.93. The molecule has 0 saturated carbocycles. The summed E-state index contributed by atoms with van der Waals surface area (Å²) in [6.07, 6.45) is 5.43. The van der Waals surface area contributed by atoms with E-state index in [1.165, 1.54) is 0 Å². The highest BCUT2D eigenvalue weighted by Crippen LogP contribution is 2.23. The van der Waals surface area contributed by atoms with Gasteiger partial charge in [0, 0.05) is 38.1 Å². The van der Waals surface area contributed by atoms with Gasteiger partial charge in [-0.15, -0.1) is 0 Å². The van der Waals surface area contributed by atoms with Crippen molar-refractivity contribution in [3.05, 3.63) is 18.5 Å². The van der Waals surface area contributed by atoms with Crippen molar-refractivity contribution < 1.29 is 4.21 Å². The molecule has 2 aromatic heterocycles. The second-order valence-electron chi connectivity index (χ2n) is 5.88. The molecule has 1 aliphatic rings. The number of nitrogens with two attached hydrogens (primary N) is 1. The number of nitrogens with zero attached hydrogens (tertiary/aromatic N) is 4. The van der Waals surface area contributed by atoms with Crippen molar-refractivity contribution >= 4 is 26.8 Å². The molecule has 23 heavy (non-hydrogen) atoms. The Morgan fingerprint density at radius 3 is 2.87 bits per heavy atom. The lowest BCUT2D eigenvalue weighted by Crippen LogP contribution is -2.42. The minimum Gasteiger partial charge on any atom is -0.384 e. The lowest BCUT2D eigenvalue weighted by atomic mass is 9.98. The number of fused-ring (bicyclic) bond motifs is 1. The third-order valence-corrected chi connectivity index (χ3v) is 5.51. The Hall–Kier alpha value is -1.71. The van der Waals surface area contributed by atoms with Gasteiger partial charge in [-0.05, 0) is 31.7 Å². The van der Waals surface area contributed by atoms with Gasteiger partial charge in [-0.3, -0.25) is 0 Å². The monoisotopic (exact) mass is 337 g/mol. The predicted molar refractivity (Wildman–Crippen MR) is 91.0 cm³/mol. The first-order valence-electron chi connectivity index (χ1n) is 7.85. The van der Waals surface area contributed by atoms with Crippen LogP contribution in [0.2, 0.25) is 0 Å². The molecule has 0 amide bonds. The van der Waals surface area contributed by atoms with Crippen LogP contribution in [0.4, 0.5) is 5.69 Å². The number of hydrogen-bond donors (Lipinski definition) is 3. The van der Waals surface area contributed by atoms with E-state index < -0.39 is 10.1 Å². The molecule has 0 aliphatic carbocycles. The summed E-state index contributed by atoms with van der Waals surface area (Å²) in [4.78, 5) is 4.39. The van der Waals surface area contributed by atoms with Crippen molar-refractivity contribution in [2.24, 2.45) is 11.1 Å². The van der Waals surface area contributed by atoms with Crippen LogP contribution in [0, 0.1) is 10.7 Å². The van der Waals surface area contributed by atoms with Crippen LogP contribution in [0.25, 0.3) is 11.0 Å². The average Bonchev–Trinajstić information content (AvgIpc) is 2.96. The zero-order valence-electron chi connectivity index (χ0n) is 13.2. The van der Waals surface area contributed by atoms with E-state index in [-0.39, 0.29) is 0 Å². The molecule has 0 bridgehead atoms. The molecule has 9 heteroatoms. The molecule has 3 heterocycles. The second kappa shape index (κ2) is 6.42. The number of aromatic nitrogens is 3. The van der Waals surface area contributed by atoms with Crippen molar-refractivity contribution in [1.29, 1.82) is 4.78 Å². The van der Waals surface area contributed by atoms with Crippen LogP contribution in [-0.2, 0) is 16.6 Å². The zero-order valence-corrected chi connectivity index (χ0v) is 14.1. The highest BCUT2D eigenvalue weighted by Gasteiger charge is 2.23. The topological polar surface area (TPSA) is 113 Å². The van der Waals surface area contributed by atoms with E-state index >= 15 is 0 Å². The molecular weight excluding hydrogens is 314 g/mol. The zero-order chi connectivity index (χ0) is 16.4. The first kappa shape index (κ1) is 16.2. The number of anilines is 1. The molecule has 8 nitrogen and oxygen atoms in total. The van der Waals surface area contributed by atoms with E-state index in [4.69, 9.17) is 9.92 Å². The highest BCUT2D eigenvalue weighted by atomic mass is 32.2. The molecule has 1 aliphatic heterocycles. The van der Waals surface area contributed by atoms with Crippen molar-refractivity contribution in [2.45, 2.75) is 26.3 Å². The molecule has 2 aromatic rings. The Labute approximate surface area is 136 Å². The van der Waals surface area contributed by atoms with Crippen LogP contribution in [0.15, 0.2) is 18.5 Å². The van der Waals surface area contributed by atoms with Gasteiger partial charge in [0.2, 0.25) is 0 Å². The molecule has 1 fully saturated rings. The molecule has 0 spiro atoms. The maximum absolute atomic E-state index is 11.5. The van der Waals surface area contributed by atoms with E-state index in [1.54, 1.807) is 10.5 Å². The van der Waals surface area contributed by atoms with Crippen LogP contribution in [0.1, 0.15) is 19.8 Å². The maximum Gasteiger partial charge on any atom is 0.169 e. The summed E-state index contributed by atoms with van der Waals surface area (Å²) in [6, 6.07) is 1.97. The highest BCUT2D eigenvalue weighted by molar-refractivity contribution is 7.87. The molecular formula is C14H23N7OS. The first-order valence-corrected chi connectivity index (χ1v) is 9.43. The van der Waals surface area contributed by atoms with Crippen LogP contribution >= 0.6 is 0 Å². The van der Waals surface area contributed by atoms with Gasteiger partial charge in [-0.1, -0.05) is 0 Å². The molecule has 4 N–H and O–H groups in total. The van der Waals surface area contributed by atoms with Crippen LogP contribution in [0.3, 0.4) is 0 Å². The Morgan fingerprint density at radius 1 is 1.48 bits per heavy atom. The molecule has 0 radical (unpaired) electrons. The van der Waals surface area contributed by atoms with Gasteiger partial charge in [-0.2, -0.15) is 5.10 Å². The molecule has 1 unspecified atom stereocenters. The SMILES string of the molecule is CCn1ncc2c(NCC3CCN(S(=N)(N)=O)CC3)ccnc21. The number of aryl methyl sites for hydroxylation is 1. The molecule has 1 saturated heterocycles. The van der Waals surface area contributed by atoms with Crippen LogP contribution in [-0.4, -0.2) is 42.9 Å². The fourth-order valence-corrected chi connectivity index (χ4v) is 3.76. The Morgan fingerprint density at radius 2 is 2.22 bits per heavy atom. The Kier molecular flexibility index (Phi) is 4.51. The molecule has 0 aromatic carbocycles. The van der Waals surface area contributed by atoms with E-state index in [9.17, 15) is 4.21 Å². The minimum atomic E-state index is -3.05. The number of piperidine rings is 1. The minimum absolute atomic E-state index is 0.484. The third kappa shape index (κ3) is 3.46. The molecule has 1 atom stereocenters. The first-order chi connectivity index (χ1) is 11.0. The Bertz CT molecular complexity index is 778. The summed E-state index contributed by atoms with van der Waals surface area (Å²) in [6.45, 7) is 4.91. The molecule has 126 valence electrons. The number of pyridine rings is 1. The van der Waals surface area contributed by atoms with Gasteiger partial charge in [0.25, 0.3) is 0 Å². The summed E-state index contributed by atoms with van der Waals surface area (Å²) in [7, 11) is -3.05. The normalized spacial score (nSPS) is 19.7. The summed E-state index contributed by atoms with van der Waals surface area (Å²) in [5, 5.41) is 14.3. The fourth-order valence-electron chi connectivity index (χ4n) is 3.00. The smallest absolute Gasteiger partial charge is 0.169 e. The van der Waals surface area contributed by atoms with E-state index in [0.29, 0.717) is 19.0 Å². The quantitative estimate of drug-likeness (QED) is 0.765. The van der Waals surface area contributed by atoms with E-state index in [1.807, 2.05) is 23.9 Å². The van der Waals surface area contributed by atoms with E-state index in [2.05, 4.69) is 15.4 Å². The molecule has 3 rings (SSSR count). The third-order valence-electron chi connectivity index (χ3n) is 4.38. The van der Waals surface area contributed by atoms with Crippen molar-refractivity contribution in [3.8, 4) is 0 Å². The van der Waals surface area contributed by atoms with Gasteiger partial charge in [-0.25, -0.2) is 28.1 Å². The van der Waals surface area contributed by atoms with Crippen molar-refractivity contribution in [3.63, 3.8) is 0 Å². The number of rotatable bonds is 5. The number of nitrogens with one attached hydrogen (secondary N) is 2. The fraction of sp³-hybridized carbons (Fsp3) is 0.571. The van der Waals surface area contributed by atoms with Crippen LogP contribution in [0.5, 0.6) is 0 Å². The van der Waals surface area contributed by atoms with E-state index in [0.717, 1.165) is 42.7 Å². The summed E-state index contributed by atoms with van der Waals surface area (Å²) < 4.78 is 22.4. The van der Waals surface area contributed by atoms with Gasteiger partial charge in [0.05, 0.1) is 11.6 Å². The van der Waals surface area contributed by atoms with Gasteiger partial charge in [0.15, 0.2) is 15.7 Å². The second-order valence-corrected chi connectivity index (χ2v) is 7.53. The maximum atomic E-state index is 11.5. The number of hydrogen-bond acceptors (Lipinski definition) is 5. The Balaban J connectivity index is 1.63. The summed E-state index contributed by atoms with van der Waals surface area (Å²) >= 11 is 0. The van der Waals surface area contributed by atoms with Gasteiger partial charge >= 0.3 is 0 Å². The summed E-state index contributed by atoms with van der Waals surface area (Å²) in [5.74, 6) is 0.484. The van der Waals surface area contributed by atoms with Crippen molar-refractivity contribution in [2.75, 3.05) is 25.0 Å². The lowest BCUT2D eigenvalue weighted by Gasteiger charge is -2.31. The predicted octanol–water partition coefficient (Wildman–Crippen LogP) is 1.41. The average molecular weight is 337 g/mol. The van der Waals surface area contributed by atoms with Crippen molar-refractivity contribution in [1.82, 2.24) is 19.1 Å². The van der Waals surface area contributed by atoms with Gasteiger partial charge in [0.1, 0.15) is 0 Å². The standard InChI is InChI=1S/C14H23N7OS/c1-2-21-14-12(10-19-21)13(3-6-17-14)18-9-11-4-7-20(8-5-11)23(15,16)22/h3,6,10-11H,2,4-5,7-9H2,1H3,(H,17,18)(H3,15,16,22). The van der Waals surface area contributed by atoms with Crippen LogP contribution < -0.4 is 10.5 Å². The lowest BCUT2D eigenvalue weighted by molar-refractivity contribution is 0.290.